The minimum atomic E-state index is -0.276. The third kappa shape index (κ3) is 3.21. The lowest BCUT2D eigenvalue weighted by Gasteiger charge is -2.18. The molecule has 3 N–H and O–H groups in total. The van der Waals surface area contributed by atoms with Crippen molar-refractivity contribution in [1.82, 2.24) is 5.43 Å². The van der Waals surface area contributed by atoms with Crippen LogP contribution < -0.4 is 11.3 Å². The van der Waals surface area contributed by atoms with Crippen LogP contribution in [-0.2, 0) is 6.42 Å². The Balaban J connectivity index is 2.40. The number of hydrazine groups is 1. The summed E-state index contributed by atoms with van der Waals surface area (Å²) in [7, 11) is 0. The maximum atomic E-state index is 13.3. The van der Waals surface area contributed by atoms with E-state index in [2.05, 4.69) is 40.4 Å². The molecule has 0 aliphatic carbocycles. The standard InChI is InChI=1S/C15H16BrFN2/c1-2-10-4-3-5-11(8-10)15(19-18)12-6-7-14(17)13(16)9-12/h3-9,15,19H,2,18H2,1H3. The fourth-order valence-corrected chi connectivity index (χ4v) is 2.47. The zero-order valence-electron chi connectivity index (χ0n) is 10.7. The molecular formula is C15H16BrFN2. The first-order chi connectivity index (χ1) is 9.15. The van der Waals surface area contributed by atoms with Gasteiger partial charge in [0.1, 0.15) is 5.82 Å². The average molecular weight is 323 g/mol. The molecule has 0 fully saturated rings. The summed E-state index contributed by atoms with van der Waals surface area (Å²) in [6.07, 6.45) is 0.970. The van der Waals surface area contributed by atoms with E-state index in [4.69, 9.17) is 5.84 Å². The van der Waals surface area contributed by atoms with Crippen LogP contribution in [0.3, 0.4) is 0 Å². The van der Waals surface area contributed by atoms with Gasteiger partial charge >= 0.3 is 0 Å². The lowest BCUT2D eigenvalue weighted by molar-refractivity contribution is 0.609. The van der Waals surface area contributed by atoms with Gasteiger partial charge in [0.05, 0.1) is 10.5 Å². The number of hydrogen-bond donors (Lipinski definition) is 2. The van der Waals surface area contributed by atoms with Crippen molar-refractivity contribution in [1.29, 1.82) is 0 Å². The molecule has 100 valence electrons. The summed E-state index contributed by atoms with van der Waals surface area (Å²) in [4.78, 5) is 0. The lowest BCUT2D eigenvalue weighted by Crippen LogP contribution is -2.28. The molecule has 0 aliphatic heterocycles. The largest absolute Gasteiger partial charge is 0.271 e. The normalized spacial score (nSPS) is 12.4. The van der Waals surface area contributed by atoms with Crippen molar-refractivity contribution in [2.45, 2.75) is 19.4 Å². The maximum Gasteiger partial charge on any atom is 0.137 e. The van der Waals surface area contributed by atoms with Crippen LogP contribution in [-0.4, -0.2) is 0 Å². The summed E-state index contributed by atoms with van der Waals surface area (Å²) >= 11 is 3.20. The van der Waals surface area contributed by atoms with Gasteiger partial charge in [0.25, 0.3) is 0 Å². The first kappa shape index (κ1) is 14.2. The highest BCUT2D eigenvalue weighted by atomic mass is 79.9. The van der Waals surface area contributed by atoms with Gasteiger partial charge in [-0.2, -0.15) is 0 Å². The maximum absolute atomic E-state index is 13.3. The molecule has 2 aromatic rings. The Hall–Kier alpha value is -1.23. The molecule has 2 aromatic carbocycles. The van der Waals surface area contributed by atoms with Gasteiger partial charge in [-0.3, -0.25) is 5.84 Å². The second-order valence-electron chi connectivity index (χ2n) is 4.37. The van der Waals surface area contributed by atoms with E-state index in [1.165, 1.54) is 11.6 Å². The number of nitrogens with one attached hydrogen (secondary N) is 1. The minimum absolute atomic E-state index is 0.150. The van der Waals surface area contributed by atoms with E-state index in [1.54, 1.807) is 12.1 Å². The highest BCUT2D eigenvalue weighted by Crippen LogP contribution is 2.26. The van der Waals surface area contributed by atoms with E-state index < -0.39 is 0 Å². The Morgan fingerprint density at radius 2 is 1.95 bits per heavy atom. The summed E-state index contributed by atoms with van der Waals surface area (Å²) in [6.45, 7) is 2.11. The Kier molecular flexibility index (Phi) is 4.69. The van der Waals surface area contributed by atoms with Crippen molar-refractivity contribution in [2.75, 3.05) is 0 Å². The molecule has 0 aromatic heterocycles. The van der Waals surface area contributed by atoms with Crippen LogP contribution in [0.5, 0.6) is 0 Å². The summed E-state index contributed by atoms with van der Waals surface area (Å²) < 4.78 is 13.7. The second kappa shape index (κ2) is 6.28. The van der Waals surface area contributed by atoms with Crippen LogP contribution in [0, 0.1) is 5.82 Å². The molecule has 4 heteroatoms. The van der Waals surface area contributed by atoms with Crippen LogP contribution in [0.15, 0.2) is 46.9 Å². The summed E-state index contributed by atoms with van der Waals surface area (Å²) in [5, 5.41) is 0. The molecular weight excluding hydrogens is 307 g/mol. The number of halogens is 2. The SMILES string of the molecule is CCc1cccc(C(NN)c2ccc(F)c(Br)c2)c1. The van der Waals surface area contributed by atoms with Gasteiger partial charge in [-0.05, 0) is 51.2 Å². The molecule has 1 unspecified atom stereocenters. The van der Waals surface area contributed by atoms with Gasteiger partial charge < -0.3 is 0 Å². The van der Waals surface area contributed by atoms with E-state index >= 15 is 0 Å². The van der Waals surface area contributed by atoms with E-state index in [1.807, 2.05) is 12.1 Å². The molecule has 1 atom stereocenters. The van der Waals surface area contributed by atoms with Gasteiger partial charge in [0.2, 0.25) is 0 Å². The summed E-state index contributed by atoms with van der Waals surface area (Å²) in [5.74, 6) is 5.38. The smallest absolute Gasteiger partial charge is 0.137 e. The zero-order valence-corrected chi connectivity index (χ0v) is 12.2. The fourth-order valence-electron chi connectivity index (χ4n) is 2.07. The molecule has 0 saturated heterocycles. The number of nitrogens with two attached hydrogens (primary N) is 1. The van der Waals surface area contributed by atoms with Crippen LogP contribution in [0.2, 0.25) is 0 Å². The second-order valence-corrected chi connectivity index (χ2v) is 5.23. The molecule has 0 heterocycles. The van der Waals surface area contributed by atoms with Crippen molar-refractivity contribution >= 4 is 15.9 Å². The number of aryl methyl sites for hydroxylation is 1. The van der Waals surface area contributed by atoms with Crippen molar-refractivity contribution in [3.63, 3.8) is 0 Å². The van der Waals surface area contributed by atoms with E-state index in [0.717, 1.165) is 17.5 Å². The van der Waals surface area contributed by atoms with Crippen LogP contribution in [0.25, 0.3) is 0 Å². The Bertz CT molecular complexity index is 572. The van der Waals surface area contributed by atoms with E-state index in [0.29, 0.717) is 4.47 Å². The predicted octanol–water partition coefficient (Wildman–Crippen LogP) is 3.70. The van der Waals surface area contributed by atoms with Crippen LogP contribution in [0.4, 0.5) is 4.39 Å². The highest BCUT2D eigenvalue weighted by Gasteiger charge is 2.14. The highest BCUT2D eigenvalue weighted by molar-refractivity contribution is 9.10. The quantitative estimate of drug-likeness (QED) is 0.665. The molecule has 0 aliphatic rings. The predicted molar refractivity (Wildman–Crippen MR) is 79.1 cm³/mol. The Labute approximate surface area is 120 Å². The molecule has 2 rings (SSSR count). The van der Waals surface area contributed by atoms with E-state index in [9.17, 15) is 4.39 Å². The molecule has 2 nitrogen and oxygen atoms in total. The van der Waals surface area contributed by atoms with Gasteiger partial charge in [-0.1, -0.05) is 37.3 Å². The fraction of sp³-hybridized carbons (Fsp3) is 0.200. The topological polar surface area (TPSA) is 38.0 Å². The minimum Gasteiger partial charge on any atom is -0.271 e. The summed E-state index contributed by atoms with van der Waals surface area (Å²) in [5.41, 5.74) is 6.03. The molecule has 0 radical (unpaired) electrons. The number of benzene rings is 2. The molecule has 0 amide bonds. The van der Waals surface area contributed by atoms with Gasteiger partial charge in [0.15, 0.2) is 0 Å². The first-order valence-corrected chi connectivity index (χ1v) is 6.95. The lowest BCUT2D eigenvalue weighted by atomic mass is 9.97. The van der Waals surface area contributed by atoms with Gasteiger partial charge in [-0.25, -0.2) is 9.82 Å². The molecule has 0 spiro atoms. The average Bonchev–Trinajstić information content (AvgIpc) is 2.44. The number of hydrogen-bond acceptors (Lipinski definition) is 2. The number of rotatable bonds is 4. The van der Waals surface area contributed by atoms with Crippen molar-refractivity contribution in [3.05, 3.63) is 69.4 Å². The van der Waals surface area contributed by atoms with Crippen molar-refractivity contribution in [2.24, 2.45) is 5.84 Å². The first-order valence-electron chi connectivity index (χ1n) is 6.15. The van der Waals surface area contributed by atoms with Crippen LogP contribution >= 0.6 is 15.9 Å². The van der Waals surface area contributed by atoms with Gasteiger partial charge in [0, 0.05) is 0 Å². The van der Waals surface area contributed by atoms with Crippen molar-refractivity contribution < 1.29 is 4.39 Å². The Morgan fingerprint density at radius 3 is 2.58 bits per heavy atom. The Morgan fingerprint density at radius 1 is 1.21 bits per heavy atom. The monoisotopic (exact) mass is 322 g/mol. The zero-order chi connectivity index (χ0) is 13.8. The third-order valence-electron chi connectivity index (χ3n) is 3.14. The van der Waals surface area contributed by atoms with Gasteiger partial charge in [-0.15, -0.1) is 0 Å². The molecule has 0 bridgehead atoms. The van der Waals surface area contributed by atoms with Crippen LogP contribution in [0.1, 0.15) is 29.7 Å². The molecule has 19 heavy (non-hydrogen) atoms. The third-order valence-corrected chi connectivity index (χ3v) is 3.74. The van der Waals surface area contributed by atoms with E-state index in [-0.39, 0.29) is 11.9 Å². The summed E-state index contributed by atoms with van der Waals surface area (Å²) in [6, 6.07) is 13.0. The molecule has 0 saturated carbocycles. The van der Waals surface area contributed by atoms with Crippen molar-refractivity contribution in [3.8, 4) is 0 Å².